The van der Waals surface area contributed by atoms with E-state index in [0.717, 1.165) is 5.38 Å². The van der Waals surface area contributed by atoms with E-state index in [-0.39, 0.29) is 0 Å². The van der Waals surface area contributed by atoms with Crippen molar-refractivity contribution < 1.29 is 4.12 Å². The van der Waals surface area contributed by atoms with E-state index in [1.807, 2.05) is 0 Å². The maximum absolute atomic E-state index is 5.98. The largest absolute Gasteiger partial charge is 0.455 e. The Hall–Kier alpha value is 0.744. The third-order valence-electron chi connectivity index (χ3n) is 0.963. The van der Waals surface area contributed by atoms with Gasteiger partial charge in [-0.2, -0.15) is 12.6 Å². The number of thiol groups is 1. The maximum Gasteiger partial charge on any atom is 0.183 e. The van der Waals surface area contributed by atoms with Gasteiger partial charge in [-0.1, -0.05) is 0 Å². The van der Waals surface area contributed by atoms with E-state index in [1.165, 1.54) is 0 Å². The summed E-state index contributed by atoms with van der Waals surface area (Å²) in [6.07, 6.45) is 0. The first-order valence-electron chi connectivity index (χ1n) is 3.58. The Morgan fingerprint density at radius 1 is 1.10 bits per heavy atom. The van der Waals surface area contributed by atoms with Gasteiger partial charge in [0.2, 0.25) is 0 Å². The Kier molecular flexibility index (Phi) is 3.68. The van der Waals surface area contributed by atoms with Gasteiger partial charge in [0.05, 0.1) is 0 Å². The summed E-state index contributed by atoms with van der Waals surface area (Å²) in [6.45, 7) is 11.1. The molecule has 0 spiro atoms. The van der Waals surface area contributed by atoms with E-state index < -0.39 is 16.6 Å². The van der Waals surface area contributed by atoms with E-state index in [9.17, 15) is 0 Å². The molecule has 10 heavy (non-hydrogen) atoms. The van der Waals surface area contributed by atoms with Crippen LogP contribution in [0.15, 0.2) is 0 Å². The quantitative estimate of drug-likeness (QED) is 0.536. The van der Waals surface area contributed by atoms with Crippen LogP contribution in [0.3, 0.4) is 0 Å². The molecule has 0 aliphatic carbocycles. The van der Waals surface area contributed by atoms with Crippen molar-refractivity contribution in [1.29, 1.82) is 0 Å². The van der Waals surface area contributed by atoms with Crippen LogP contribution < -0.4 is 0 Å². The number of rotatable bonds is 3. The summed E-state index contributed by atoms with van der Waals surface area (Å²) in [5.41, 5.74) is 0. The Bertz CT molecular complexity index is 109. The summed E-state index contributed by atoms with van der Waals surface area (Å²) in [5, 5.41) is 0.928. The van der Waals surface area contributed by atoms with Crippen molar-refractivity contribution >= 4 is 29.3 Å². The summed E-state index contributed by atoms with van der Waals surface area (Å²) in [4.78, 5) is 0. The fourth-order valence-electron chi connectivity index (χ4n) is 0.861. The smallest absolute Gasteiger partial charge is 0.183 e. The van der Waals surface area contributed by atoms with Crippen LogP contribution >= 0.6 is 12.6 Å². The van der Waals surface area contributed by atoms with Gasteiger partial charge in [0.25, 0.3) is 0 Å². The zero-order valence-electron chi connectivity index (χ0n) is 7.56. The normalized spacial score (nSPS) is 13.8. The SMILES string of the molecule is C[Si](C)(C)O[Si](C)(C)CS. The topological polar surface area (TPSA) is 9.23 Å². The molecule has 0 aromatic heterocycles. The van der Waals surface area contributed by atoms with Crippen LogP contribution in [-0.4, -0.2) is 22.0 Å². The summed E-state index contributed by atoms with van der Waals surface area (Å²) >= 11 is 4.27. The van der Waals surface area contributed by atoms with Gasteiger partial charge in [-0.05, 0) is 32.7 Å². The minimum Gasteiger partial charge on any atom is -0.455 e. The highest BCUT2D eigenvalue weighted by atomic mass is 32.1. The standard InChI is InChI=1S/C6H18OSSi2/c1-9(2,3)7-10(4,5)6-8/h8H,6H2,1-5H3. The monoisotopic (exact) mass is 194 g/mol. The van der Waals surface area contributed by atoms with Crippen LogP contribution in [0.1, 0.15) is 0 Å². The minimum atomic E-state index is -1.39. The molecule has 0 radical (unpaired) electrons. The van der Waals surface area contributed by atoms with Gasteiger partial charge < -0.3 is 4.12 Å². The molecule has 0 aromatic carbocycles. The van der Waals surface area contributed by atoms with E-state index in [2.05, 4.69) is 45.4 Å². The first-order valence-corrected chi connectivity index (χ1v) is 10.7. The molecule has 0 amide bonds. The lowest BCUT2D eigenvalue weighted by atomic mass is 11.8. The predicted molar refractivity (Wildman–Crippen MR) is 55.8 cm³/mol. The first-order chi connectivity index (χ1) is 4.27. The summed E-state index contributed by atoms with van der Waals surface area (Å²) in [5.74, 6) is 0. The molecule has 0 aliphatic rings. The fraction of sp³-hybridized carbons (Fsp3) is 1.00. The fourth-order valence-corrected chi connectivity index (χ4v) is 8.33. The molecule has 0 bridgehead atoms. The molecule has 0 heterocycles. The lowest BCUT2D eigenvalue weighted by Crippen LogP contribution is -2.43. The second kappa shape index (κ2) is 3.43. The van der Waals surface area contributed by atoms with E-state index in [4.69, 9.17) is 4.12 Å². The number of hydrogen-bond donors (Lipinski definition) is 1. The van der Waals surface area contributed by atoms with Crippen molar-refractivity contribution in [3.05, 3.63) is 0 Å². The van der Waals surface area contributed by atoms with Crippen molar-refractivity contribution in [2.24, 2.45) is 0 Å². The molecule has 0 N–H and O–H groups in total. The van der Waals surface area contributed by atoms with Gasteiger partial charge >= 0.3 is 0 Å². The van der Waals surface area contributed by atoms with Crippen LogP contribution in [0.2, 0.25) is 32.7 Å². The molecule has 0 saturated carbocycles. The van der Waals surface area contributed by atoms with Crippen molar-refractivity contribution in [1.82, 2.24) is 0 Å². The first kappa shape index (κ1) is 10.7. The van der Waals surface area contributed by atoms with Crippen molar-refractivity contribution in [3.63, 3.8) is 0 Å². The third-order valence-corrected chi connectivity index (χ3v) is 8.67. The number of hydrogen-bond acceptors (Lipinski definition) is 2. The minimum absolute atomic E-state index is 0.928. The van der Waals surface area contributed by atoms with Crippen molar-refractivity contribution in [2.75, 3.05) is 5.38 Å². The summed E-state index contributed by atoms with van der Waals surface area (Å²) < 4.78 is 5.98. The van der Waals surface area contributed by atoms with Crippen LogP contribution in [0.4, 0.5) is 0 Å². The van der Waals surface area contributed by atoms with E-state index in [0.29, 0.717) is 0 Å². The molecule has 0 aromatic rings. The van der Waals surface area contributed by atoms with E-state index in [1.54, 1.807) is 0 Å². The van der Waals surface area contributed by atoms with Crippen LogP contribution in [0.5, 0.6) is 0 Å². The third kappa shape index (κ3) is 5.52. The molecule has 0 unspecified atom stereocenters. The van der Waals surface area contributed by atoms with E-state index >= 15 is 0 Å². The zero-order valence-corrected chi connectivity index (χ0v) is 10.5. The zero-order chi connectivity index (χ0) is 8.41. The van der Waals surface area contributed by atoms with Crippen molar-refractivity contribution in [3.8, 4) is 0 Å². The second-order valence-electron chi connectivity index (χ2n) is 4.13. The molecule has 0 aliphatic heterocycles. The Morgan fingerprint density at radius 2 is 1.50 bits per heavy atom. The Morgan fingerprint density at radius 3 is 1.60 bits per heavy atom. The molecular weight excluding hydrogens is 176 g/mol. The van der Waals surface area contributed by atoms with Gasteiger partial charge in [0.15, 0.2) is 16.6 Å². The molecule has 0 rings (SSSR count). The molecule has 0 saturated heterocycles. The van der Waals surface area contributed by atoms with Gasteiger partial charge in [-0.15, -0.1) is 0 Å². The maximum atomic E-state index is 5.98. The molecule has 4 heteroatoms. The van der Waals surface area contributed by atoms with Crippen LogP contribution in [-0.2, 0) is 4.12 Å². The summed E-state index contributed by atoms with van der Waals surface area (Å²) in [7, 11) is -2.69. The molecule has 1 nitrogen and oxygen atoms in total. The molecule has 0 atom stereocenters. The highest BCUT2D eigenvalue weighted by Gasteiger charge is 2.27. The molecule has 62 valence electrons. The van der Waals surface area contributed by atoms with Crippen molar-refractivity contribution in [2.45, 2.75) is 32.7 Å². The highest BCUT2D eigenvalue weighted by molar-refractivity contribution is 7.82. The highest BCUT2D eigenvalue weighted by Crippen LogP contribution is 2.14. The Balaban J connectivity index is 3.89. The van der Waals surface area contributed by atoms with Gasteiger partial charge in [-0.25, -0.2) is 0 Å². The molecular formula is C6H18OSSi2. The lowest BCUT2D eigenvalue weighted by molar-refractivity contribution is 0.558. The van der Waals surface area contributed by atoms with Crippen LogP contribution in [0.25, 0.3) is 0 Å². The average Bonchev–Trinajstić information content (AvgIpc) is 1.60. The van der Waals surface area contributed by atoms with Gasteiger partial charge in [0.1, 0.15) is 0 Å². The van der Waals surface area contributed by atoms with Gasteiger partial charge in [0, 0.05) is 5.38 Å². The summed E-state index contributed by atoms with van der Waals surface area (Å²) in [6, 6.07) is 0. The second-order valence-corrected chi connectivity index (χ2v) is 14.0. The van der Waals surface area contributed by atoms with Crippen LogP contribution in [0, 0.1) is 0 Å². The predicted octanol–water partition coefficient (Wildman–Crippen LogP) is 2.51. The lowest BCUT2D eigenvalue weighted by Gasteiger charge is -2.29. The van der Waals surface area contributed by atoms with Gasteiger partial charge in [-0.3, -0.25) is 0 Å². The average molecular weight is 194 g/mol. The molecule has 0 fully saturated rings. The Labute approximate surface area is 71.8 Å².